The number of methoxy groups -OCH3 is 1. The van der Waals surface area contributed by atoms with Crippen LogP contribution in [0.15, 0.2) is 24.3 Å². The lowest BCUT2D eigenvalue weighted by Crippen LogP contribution is -2.52. The van der Waals surface area contributed by atoms with E-state index in [-0.39, 0.29) is 36.8 Å². The van der Waals surface area contributed by atoms with Gasteiger partial charge in [0.25, 0.3) is 5.91 Å². The minimum Gasteiger partial charge on any atom is -0.467 e. The summed E-state index contributed by atoms with van der Waals surface area (Å²) in [6, 6.07) is 4.68. The van der Waals surface area contributed by atoms with E-state index in [1.807, 2.05) is 0 Å². The molecule has 8 nitrogen and oxygen atoms in total. The number of amides is 2. The summed E-state index contributed by atoms with van der Waals surface area (Å²) in [4.78, 5) is 56.4. The molecule has 1 aliphatic heterocycles. The van der Waals surface area contributed by atoms with Crippen LogP contribution in [-0.2, 0) is 19.1 Å². The second kappa shape index (κ2) is 9.94. The molecule has 2 aliphatic carbocycles. The Morgan fingerprint density at radius 2 is 2.03 bits per heavy atom. The van der Waals surface area contributed by atoms with Gasteiger partial charge in [-0.15, -0.1) is 0 Å². The van der Waals surface area contributed by atoms with Gasteiger partial charge in [0, 0.05) is 42.5 Å². The van der Waals surface area contributed by atoms with Gasteiger partial charge in [-0.1, -0.05) is 30.2 Å². The predicted molar refractivity (Wildman–Crippen MR) is 135 cm³/mol. The zero-order valence-electron chi connectivity index (χ0n) is 21.0. The summed E-state index contributed by atoms with van der Waals surface area (Å²) < 4.78 is 32.8. The molecule has 11 heteroatoms. The number of alkyl halides is 2. The first-order chi connectivity index (χ1) is 18.0. The molecule has 2 saturated carbocycles. The minimum absolute atomic E-state index is 0.00733. The van der Waals surface area contributed by atoms with Crippen molar-refractivity contribution < 1.29 is 32.7 Å². The highest BCUT2D eigenvalue weighted by Gasteiger charge is 2.62. The van der Waals surface area contributed by atoms with Gasteiger partial charge >= 0.3 is 5.97 Å². The Bertz CT molecular complexity index is 1290. The summed E-state index contributed by atoms with van der Waals surface area (Å²) in [7, 11) is 1.20. The van der Waals surface area contributed by atoms with Crippen LogP contribution in [0.4, 0.5) is 8.78 Å². The molecule has 38 heavy (non-hydrogen) atoms. The number of hydrogen-bond donors (Lipinski definition) is 2. The van der Waals surface area contributed by atoms with Crippen LogP contribution < -0.4 is 5.32 Å². The molecule has 1 aromatic heterocycles. The Hall–Kier alpha value is -3.01. The fourth-order valence-corrected chi connectivity index (χ4v) is 6.64. The van der Waals surface area contributed by atoms with Gasteiger partial charge in [-0.25, -0.2) is 13.6 Å². The third kappa shape index (κ3) is 5.02. The molecule has 2 heterocycles. The van der Waals surface area contributed by atoms with Crippen molar-refractivity contribution in [3.63, 3.8) is 0 Å². The number of esters is 1. The molecule has 1 unspecified atom stereocenters. The second-order valence-electron chi connectivity index (χ2n) is 11.0. The number of carbonyl (C=O) groups is 4. The Morgan fingerprint density at radius 1 is 1.26 bits per heavy atom. The normalized spacial score (nSPS) is 24.7. The Balaban J connectivity index is 1.39. The molecule has 3 aliphatic rings. The Labute approximate surface area is 223 Å². The Morgan fingerprint density at radius 3 is 2.68 bits per heavy atom. The zero-order valence-corrected chi connectivity index (χ0v) is 21.8. The van der Waals surface area contributed by atoms with E-state index in [4.69, 9.17) is 16.3 Å². The molecule has 1 aromatic carbocycles. The number of Topliss-reactive ketones (excluding diaryl/α,β-unsaturated/α-hetero) is 1. The lowest BCUT2D eigenvalue weighted by Gasteiger charge is -2.44. The van der Waals surface area contributed by atoms with Gasteiger partial charge in [0.2, 0.25) is 11.8 Å². The van der Waals surface area contributed by atoms with Crippen LogP contribution in [0.1, 0.15) is 61.9 Å². The SMILES string of the molecule is COC(=O)[C@H](C[C@@H]1CCCCC1=O)NC(=O)C1CC2(CN1C(=O)c1cc3cccc(Cl)c3[nH]1)CC(F)(F)C2. The predicted octanol–water partition coefficient (Wildman–Crippen LogP) is 4.26. The van der Waals surface area contributed by atoms with Crippen LogP contribution in [0.25, 0.3) is 10.9 Å². The number of aromatic nitrogens is 1. The number of nitrogens with zero attached hydrogens (tertiary/aromatic N) is 1. The number of para-hydroxylation sites is 1. The van der Waals surface area contributed by atoms with E-state index in [0.717, 1.165) is 12.8 Å². The van der Waals surface area contributed by atoms with E-state index in [1.165, 1.54) is 12.0 Å². The van der Waals surface area contributed by atoms with Crippen LogP contribution in [0.5, 0.6) is 0 Å². The smallest absolute Gasteiger partial charge is 0.328 e. The molecule has 204 valence electrons. The van der Waals surface area contributed by atoms with Crippen molar-refractivity contribution in [1.29, 1.82) is 0 Å². The van der Waals surface area contributed by atoms with E-state index >= 15 is 0 Å². The number of benzene rings is 1. The summed E-state index contributed by atoms with van der Waals surface area (Å²) in [6.07, 6.45) is 2.04. The highest BCUT2D eigenvalue weighted by atomic mass is 35.5. The Kier molecular flexibility index (Phi) is 6.96. The van der Waals surface area contributed by atoms with E-state index in [9.17, 15) is 28.0 Å². The standard InChI is InChI=1S/C27H30ClF2N3O5/c1-38-25(37)19(9-15-5-2-3-8-21(15)34)32-23(35)20-11-26(12-27(29,30)13-26)14-33(20)24(36)18-10-16-6-4-7-17(28)22(16)31-18/h4,6-7,10,15,19-20,31H,2-3,5,8-9,11-14H2,1H3,(H,32,35)/t15-,19-,20?/m0/s1. The third-order valence-corrected chi connectivity index (χ3v) is 8.49. The van der Waals surface area contributed by atoms with Crippen molar-refractivity contribution in [2.75, 3.05) is 13.7 Å². The molecule has 2 N–H and O–H groups in total. The number of aromatic amines is 1. The van der Waals surface area contributed by atoms with Gasteiger partial charge in [0.1, 0.15) is 23.6 Å². The fourth-order valence-electron chi connectivity index (χ4n) is 6.41. The number of rotatable bonds is 6. The van der Waals surface area contributed by atoms with Crippen LogP contribution in [0.3, 0.4) is 0 Å². The monoisotopic (exact) mass is 549 g/mol. The summed E-state index contributed by atoms with van der Waals surface area (Å²) >= 11 is 6.24. The molecule has 1 saturated heterocycles. The van der Waals surface area contributed by atoms with Crippen molar-refractivity contribution in [2.24, 2.45) is 11.3 Å². The molecule has 3 atom stereocenters. The topological polar surface area (TPSA) is 109 Å². The molecule has 1 spiro atoms. The number of H-pyrrole nitrogens is 1. The number of likely N-dealkylation sites (tertiary alicyclic amines) is 1. The average molecular weight is 550 g/mol. The van der Waals surface area contributed by atoms with Gasteiger partial charge in [0.15, 0.2) is 0 Å². The molecule has 3 fully saturated rings. The first kappa shape index (κ1) is 26.6. The highest BCUT2D eigenvalue weighted by Crippen LogP contribution is 2.58. The number of carbonyl (C=O) groups excluding carboxylic acids is 4. The van der Waals surface area contributed by atoms with E-state index < -0.39 is 54.0 Å². The molecular weight excluding hydrogens is 520 g/mol. The van der Waals surface area contributed by atoms with Crippen molar-refractivity contribution in [1.82, 2.24) is 15.2 Å². The summed E-state index contributed by atoms with van der Waals surface area (Å²) in [5.41, 5.74) is -0.137. The lowest BCUT2D eigenvalue weighted by molar-refractivity contribution is -0.156. The maximum Gasteiger partial charge on any atom is 0.328 e. The van der Waals surface area contributed by atoms with Crippen LogP contribution in [0, 0.1) is 11.3 Å². The second-order valence-corrected chi connectivity index (χ2v) is 11.4. The van der Waals surface area contributed by atoms with Crippen LogP contribution in [-0.4, -0.2) is 65.1 Å². The quantitative estimate of drug-likeness (QED) is 0.523. The fraction of sp³-hybridized carbons (Fsp3) is 0.556. The lowest BCUT2D eigenvalue weighted by atomic mass is 9.65. The van der Waals surface area contributed by atoms with Crippen LogP contribution >= 0.6 is 11.6 Å². The number of ketones is 1. The molecule has 5 rings (SSSR count). The largest absolute Gasteiger partial charge is 0.467 e. The highest BCUT2D eigenvalue weighted by molar-refractivity contribution is 6.35. The maximum atomic E-state index is 13.9. The summed E-state index contributed by atoms with van der Waals surface area (Å²) in [6.45, 7) is -0.00733. The van der Waals surface area contributed by atoms with Gasteiger partial charge in [-0.3, -0.25) is 14.4 Å². The molecule has 0 radical (unpaired) electrons. The molecular formula is C27H30ClF2N3O5. The first-order valence-electron chi connectivity index (χ1n) is 12.9. The van der Waals surface area contributed by atoms with Crippen molar-refractivity contribution in [3.05, 3.63) is 35.0 Å². The number of hydrogen-bond acceptors (Lipinski definition) is 5. The van der Waals surface area contributed by atoms with Crippen molar-refractivity contribution >= 4 is 46.1 Å². The number of halogens is 3. The van der Waals surface area contributed by atoms with Crippen LogP contribution in [0.2, 0.25) is 5.02 Å². The van der Waals surface area contributed by atoms with Gasteiger partial charge < -0.3 is 19.9 Å². The number of nitrogens with one attached hydrogen (secondary N) is 2. The summed E-state index contributed by atoms with van der Waals surface area (Å²) in [5, 5.41) is 3.80. The number of fused-ring (bicyclic) bond motifs is 1. The van der Waals surface area contributed by atoms with Gasteiger partial charge in [0.05, 0.1) is 17.6 Å². The van der Waals surface area contributed by atoms with E-state index in [2.05, 4.69) is 10.3 Å². The molecule has 2 aromatic rings. The average Bonchev–Trinajstić information content (AvgIpc) is 3.46. The van der Waals surface area contributed by atoms with E-state index in [1.54, 1.807) is 24.3 Å². The third-order valence-electron chi connectivity index (χ3n) is 8.18. The maximum absolute atomic E-state index is 13.9. The van der Waals surface area contributed by atoms with Crippen molar-refractivity contribution in [3.8, 4) is 0 Å². The van der Waals surface area contributed by atoms with Gasteiger partial charge in [-0.05, 0) is 37.8 Å². The number of ether oxygens (including phenoxy) is 1. The minimum atomic E-state index is -2.84. The zero-order chi connectivity index (χ0) is 27.2. The van der Waals surface area contributed by atoms with E-state index in [0.29, 0.717) is 28.8 Å². The summed E-state index contributed by atoms with van der Waals surface area (Å²) in [5.74, 6) is -5.00. The van der Waals surface area contributed by atoms with Crippen molar-refractivity contribution in [2.45, 2.75) is 69.4 Å². The first-order valence-corrected chi connectivity index (χ1v) is 13.3. The molecule has 2 amide bonds. The molecule has 0 bridgehead atoms. The van der Waals surface area contributed by atoms with Gasteiger partial charge in [-0.2, -0.15) is 0 Å².